The highest BCUT2D eigenvalue weighted by atomic mass is 35.5. The van der Waals surface area contributed by atoms with Crippen molar-refractivity contribution >= 4 is 22.9 Å². The van der Waals surface area contributed by atoms with Gasteiger partial charge in [-0.1, -0.05) is 18.5 Å². The zero-order chi connectivity index (χ0) is 13.0. The fourth-order valence-corrected chi connectivity index (χ4v) is 2.90. The van der Waals surface area contributed by atoms with Gasteiger partial charge in [-0.3, -0.25) is 0 Å². The largest absolute Gasteiger partial charge is 0.310 e. The molecule has 0 aliphatic rings. The van der Waals surface area contributed by atoms with Crippen molar-refractivity contribution in [1.29, 1.82) is 0 Å². The summed E-state index contributed by atoms with van der Waals surface area (Å²) in [5, 5.41) is 8.12. The molecule has 1 N–H and O–H groups in total. The fraction of sp³-hybridized carbons (Fsp3) is 0.286. The third kappa shape index (κ3) is 3.31. The van der Waals surface area contributed by atoms with Crippen molar-refractivity contribution in [2.75, 3.05) is 6.54 Å². The molecule has 0 aliphatic heterocycles. The fourth-order valence-electron chi connectivity index (χ4n) is 1.96. The molecule has 0 bridgehead atoms. The van der Waals surface area contributed by atoms with E-state index in [1.165, 1.54) is 17.7 Å². The van der Waals surface area contributed by atoms with Crippen LogP contribution >= 0.6 is 22.9 Å². The number of nitrogens with one attached hydrogen (secondary N) is 1. The Hall–Kier alpha value is -0.900. The topological polar surface area (TPSA) is 12.0 Å². The highest BCUT2D eigenvalue weighted by molar-refractivity contribution is 7.07. The van der Waals surface area contributed by atoms with Crippen LogP contribution in [0.4, 0.5) is 4.39 Å². The number of benzene rings is 1. The standard InChI is InChI=1S/C14H15ClFNS/c1-2-17-14(7-10-5-6-18-9-10)12-8-11(16)3-4-13(12)15/h3-6,8-9,14,17H,2,7H2,1H3. The van der Waals surface area contributed by atoms with Crippen LogP contribution in [0.15, 0.2) is 35.0 Å². The van der Waals surface area contributed by atoms with Crippen molar-refractivity contribution in [2.45, 2.75) is 19.4 Å². The van der Waals surface area contributed by atoms with Crippen molar-refractivity contribution in [3.8, 4) is 0 Å². The predicted molar refractivity (Wildman–Crippen MR) is 75.9 cm³/mol. The maximum Gasteiger partial charge on any atom is 0.123 e. The van der Waals surface area contributed by atoms with E-state index in [4.69, 9.17) is 11.6 Å². The molecule has 0 spiro atoms. The molecular formula is C14H15ClFNS. The maximum absolute atomic E-state index is 13.3. The molecule has 0 saturated heterocycles. The average molecular weight is 284 g/mol. The molecule has 1 heterocycles. The first-order valence-corrected chi connectivity index (χ1v) is 7.22. The number of rotatable bonds is 5. The summed E-state index contributed by atoms with van der Waals surface area (Å²) in [7, 11) is 0. The zero-order valence-electron chi connectivity index (χ0n) is 10.1. The monoisotopic (exact) mass is 283 g/mol. The summed E-state index contributed by atoms with van der Waals surface area (Å²) in [5.74, 6) is -0.248. The van der Waals surface area contributed by atoms with Gasteiger partial charge >= 0.3 is 0 Å². The van der Waals surface area contributed by atoms with Crippen LogP contribution in [0.5, 0.6) is 0 Å². The predicted octanol–water partition coefficient (Wildman–Crippen LogP) is 4.43. The third-order valence-electron chi connectivity index (χ3n) is 2.80. The molecule has 0 amide bonds. The van der Waals surface area contributed by atoms with Gasteiger partial charge in [-0.25, -0.2) is 4.39 Å². The van der Waals surface area contributed by atoms with Gasteiger partial charge in [0.2, 0.25) is 0 Å². The lowest BCUT2D eigenvalue weighted by atomic mass is 10.0. The summed E-state index contributed by atoms with van der Waals surface area (Å²) in [6, 6.07) is 6.65. The Morgan fingerprint density at radius 1 is 1.39 bits per heavy atom. The molecule has 2 aromatic rings. The Balaban J connectivity index is 2.26. The third-order valence-corrected chi connectivity index (χ3v) is 3.88. The molecule has 1 aromatic heterocycles. The molecule has 1 nitrogen and oxygen atoms in total. The first-order chi connectivity index (χ1) is 8.70. The van der Waals surface area contributed by atoms with Crippen LogP contribution in [0, 0.1) is 5.82 Å². The molecule has 0 saturated carbocycles. The molecule has 0 aliphatic carbocycles. The van der Waals surface area contributed by atoms with Gasteiger partial charge < -0.3 is 5.32 Å². The highest BCUT2D eigenvalue weighted by Gasteiger charge is 2.15. The lowest BCUT2D eigenvalue weighted by Gasteiger charge is -2.19. The normalized spacial score (nSPS) is 12.6. The molecule has 2 rings (SSSR count). The highest BCUT2D eigenvalue weighted by Crippen LogP contribution is 2.27. The van der Waals surface area contributed by atoms with Gasteiger partial charge in [0.25, 0.3) is 0 Å². The van der Waals surface area contributed by atoms with E-state index in [2.05, 4.69) is 16.8 Å². The first kappa shape index (κ1) is 13.5. The molecule has 1 aromatic carbocycles. The van der Waals surface area contributed by atoms with E-state index in [9.17, 15) is 4.39 Å². The van der Waals surface area contributed by atoms with Gasteiger partial charge in [-0.05, 0) is 59.1 Å². The molecule has 96 valence electrons. The van der Waals surface area contributed by atoms with Gasteiger partial charge in [-0.15, -0.1) is 0 Å². The van der Waals surface area contributed by atoms with E-state index in [0.29, 0.717) is 5.02 Å². The first-order valence-electron chi connectivity index (χ1n) is 5.90. The minimum Gasteiger partial charge on any atom is -0.310 e. The summed E-state index contributed by atoms with van der Waals surface area (Å²) in [5.41, 5.74) is 2.07. The van der Waals surface area contributed by atoms with Crippen molar-refractivity contribution < 1.29 is 4.39 Å². The quantitative estimate of drug-likeness (QED) is 0.856. The molecule has 18 heavy (non-hydrogen) atoms. The lowest BCUT2D eigenvalue weighted by Crippen LogP contribution is -2.23. The SMILES string of the molecule is CCNC(Cc1ccsc1)c1cc(F)ccc1Cl. The minimum atomic E-state index is -0.248. The Bertz CT molecular complexity index is 499. The molecular weight excluding hydrogens is 269 g/mol. The number of thiophene rings is 1. The van der Waals surface area contributed by atoms with Crippen LogP contribution in [0.25, 0.3) is 0 Å². The van der Waals surface area contributed by atoms with Crippen LogP contribution < -0.4 is 5.32 Å². The summed E-state index contributed by atoms with van der Waals surface area (Å²) in [4.78, 5) is 0. The number of hydrogen-bond acceptors (Lipinski definition) is 2. The van der Waals surface area contributed by atoms with Gasteiger partial charge in [0.15, 0.2) is 0 Å². The van der Waals surface area contributed by atoms with Crippen molar-refractivity contribution in [3.63, 3.8) is 0 Å². The van der Waals surface area contributed by atoms with Crippen LogP contribution in [0.1, 0.15) is 24.1 Å². The van der Waals surface area contributed by atoms with Crippen molar-refractivity contribution in [2.24, 2.45) is 0 Å². The van der Waals surface area contributed by atoms with Crippen LogP contribution in [-0.2, 0) is 6.42 Å². The van der Waals surface area contributed by atoms with E-state index >= 15 is 0 Å². The summed E-state index contributed by atoms with van der Waals surface area (Å²) < 4.78 is 13.3. The minimum absolute atomic E-state index is 0.0489. The summed E-state index contributed by atoms with van der Waals surface area (Å²) >= 11 is 7.83. The van der Waals surface area contributed by atoms with Crippen LogP contribution in [0.3, 0.4) is 0 Å². The molecule has 1 unspecified atom stereocenters. The molecule has 0 radical (unpaired) electrons. The van der Waals surface area contributed by atoms with Crippen LogP contribution in [0.2, 0.25) is 5.02 Å². The number of halogens is 2. The van der Waals surface area contributed by atoms with E-state index < -0.39 is 0 Å². The molecule has 4 heteroatoms. The smallest absolute Gasteiger partial charge is 0.123 e. The van der Waals surface area contributed by atoms with Gasteiger partial charge in [-0.2, -0.15) is 11.3 Å². The van der Waals surface area contributed by atoms with Gasteiger partial charge in [0.05, 0.1) is 0 Å². The zero-order valence-corrected chi connectivity index (χ0v) is 11.7. The van der Waals surface area contributed by atoms with E-state index in [1.54, 1.807) is 17.4 Å². The Kier molecular flexibility index (Phi) is 4.75. The van der Waals surface area contributed by atoms with E-state index in [1.807, 2.05) is 12.3 Å². The van der Waals surface area contributed by atoms with Crippen molar-refractivity contribution in [1.82, 2.24) is 5.32 Å². The number of hydrogen-bond donors (Lipinski definition) is 1. The van der Waals surface area contributed by atoms with Crippen LogP contribution in [-0.4, -0.2) is 6.54 Å². The second-order valence-corrected chi connectivity index (χ2v) is 5.30. The second-order valence-electron chi connectivity index (χ2n) is 4.11. The summed E-state index contributed by atoms with van der Waals surface area (Å²) in [6.45, 7) is 2.86. The summed E-state index contributed by atoms with van der Waals surface area (Å²) in [6.07, 6.45) is 0.820. The molecule has 1 atom stereocenters. The maximum atomic E-state index is 13.3. The van der Waals surface area contributed by atoms with E-state index in [-0.39, 0.29) is 11.9 Å². The molecule has 0 fully saturated rings. The van der Waals surface area contributed by atoms with Crippen molar-refractivity contribution in [3.05, 3.63) is 57.0 Å². The Morgan fingerprint density at radius 2 is 2.22 bits per heavy atom. The lowest BCUT2D eigenvalue weighted by molar-refractivity contribution is 0.543. The Morgan fingerprint density at radius 3 is 2.89 bits per heavy atom. The number of likely N-dealkylation sites (N-methyl/N-ethyl adjacent to an activating group) is 1. The Labute approximate surface area is 116 Å². The second kappa shape index (κ2) is 6.32. The van der Waals surface area contributed by atoms with Gasteiger partial charge in [0.1, 0.15) is 5.82 Å². The van der Waals surface area contributed by atoms with Gasteiger partial charge in [0, 0.05) is 11.1 Å². The average Bonchev–Trinajstić information content (AvgIpc) is 2.85. The van der Waals surface area contributed by atoms with E-state index in [0.717, 1.165) is 18.5 Å².